The smallest absolute Gasteiger partial charge is 0.332 e. The van der Waals surface area contributed by atoms with Gasteiger partial charge in [-0.05, 0) is 11.4 Å². The Kier molecular flexibility index (Phi) is 5.44. The van der Waals surface area contributed by atoms with Gasteiger partial charge in [-0.1, -0.05) is 6.07 Å². The zero-order valence-corrected chi connectivity index (χ0v) is 9.87. The molecule has 0 aromatic carbocycles. The molecule has 1 unspecified atom stereocenters. The van der Waals surface area contributed by atoms with E-state index in [4.69, 9.17) is 10.2 Å². The average Bonchev–Trinajstić information content (AvgIpc) is 2.78. The molecule has 0 saturated carbocycles. The third kappa shape index (κ3) is 5.32. The Morgan fingerprint density at radius 3 is 2.76 bits per heavy atom. The Labute approximate surface area is 102 Å². The van der Waals surface area contributed by atoms with Crippen molar-refractivity contribution in [3.8, 4) is 0 Å². The topological polar surface area (TPSA) is 98.7 Å². The van der Waals surface area contributed by atoms with Crippen molar-refractivity contribution in [3.05, 3.63) is 22.4 Å². The van der Waals surface area contributed by atoms with Gasteiger partial charge in [-0.2, -0.15) is 0 Å². The van der Waals surface area contributed by atoms with E-state index in [1.54, 1.807) is 0 Å². The van der Waals surface area contributed by atoms with E-state index < -0.39 is 12.1 Å². The second-order valence-corrected chi connectivity index (χ2v) is 4.36. The summed E-state index contributed by atoms with van der Waals surface area (Å²) in [5.41, 5.74) is 0. The first-order chi connectivity index (χ1) is 8.09. The number of aliphatic hydroxyl groups excluding tert-OH is 1. The predicted octanol–water partition coefficient (Wildman–Crippen LogP) is 0.383. The molecule has 0 bridgehead atoms. The molecule has 1 aromatic rings. The lowest BCUT2D eigenvalue weighted by atomic mass is 10.2. The van der Waals surface area contributed by atoms with Crippen molar-refractivity contribution in [2.24, 2.45) is 0 Å². The highest BCUT2D eigenvalue weighted by atomic mass is 32.1. The minimum absolute atomic E-state index is 0.0121. The molecule has 0 radical (unpaired) electrons. The molecule has 1 atom stereocenters. The fourth-order valence-corrected chi connectivity index (χ4v) is 1.73. The van der Waals surface area contributed by atoms with Gasteiger partial charge in [0.2, 0.25) is 0 Å². The number of hydrogen-bond donors (Lipinski definition) is 4. The van der Waals surface area contributed by atoms with Gasteiger partial charge >= 0.3 is 12.0 Å². The maximum absolute atomic E-state index is 11.2. The van der Waals surface area contributed by atoms with Gasteiger partial charge in [-0.25, -0.2) is 9.59 Å². The Morgan fingerprint density at radius 2 is 2.18 bits per heavy atom. The Bertz CT molecular complexity index is 366. The highest BCUT2D eigenvalue weighted by molar-refractivity contribution is 7.09. The predicted molar refractivity (Wildman–Crippen MR) is 62.8 cm³/mol. The van der Waals surface area contributed by atoms with E-state index in [0.29, 0.717) is 6.54 Å². The number of nitrogens with one attached hydrogen (secondary N) is 2. The molecule has 0 aliphatic carbocycles. The number of rotatable bonds is 6. The second-order valence-electron chi connectivity index (χ2n) is 3.33. The van der Waals surface area contributed by atoms with E-state index >= 15 is 0 Å². The van der Waals surface area contributed by atoms with Crippen molar-refractivity contribution in [2.45, 2.75) is 19.1 Å². The van der Waals surface area contributed by atoms with Crippen LogP contribution in [0, 0.1) is 0 Å². The number of carboxylic acid groups (broad SMARTS) is 1. The van der Waals surface area contributed by atoms with Crippen LogP contribution in [0.2, 0.25) is 0 Å². The maximum atomic E-state index is 11.2. The Balaban J connectivity index is 2.11. The van der Waals surface area contributed by atoms with Gasteiger partial charge in [0, 0.05) is 17.8 Å². The molecule has 4 N–H and O–H groups in total. The van der Waals surface area contributed by atoms with Crippen LogP contribution in [0.3, 0.4) is 0 Å². The van der Waals surface area contributed by atoms with Gasteiger partial charge < -0.3 is 20.8 Å². The van der Waals surface area contributed by atoms with Gasteiger partial charge in [0.1, 0.15) is 0 Å². The first kappa shape index (κ1) is 13.5. The van der Waals surface area contributed by atoms with Crippen molar-refractivity contribution in [1.29, 1.82) is 0 Å². The molecule has 1 rings (SSSR count). The number of aliphatic hydroxyl groups is 1. The number of amides is 2. The molecular weight excluding hydrogens is 244 g/mol. The molecule has 17 heavy (non-hydrogen) atoms. The van der Waals surface area contributed by atoms with E-state index in [0.717, 1.165) is 4.88 Å². The summed E-state index contributed by atoms with van der Waals surface area (Å²) < 4.78 is 0. The molecule has 2 amide bonds. The number of carbonyl (C=O) groups is 2. The highest BCUT2D eigenvalue weighted by Crippen LogP contribution is 2.06. The second kappa shape index (κ2) is 6.87. The molecule has 6 nitrogen and oxygen atoms in total. The monoisotopic (exact) mass is 258 g/mol. The lowest BCUT2D eigenvalue weighted by Gasteiger charge is -2.08. The van der Waals surface area contributed by atoms with Crippen LogP contribution in [-0.4, -0.2) is 34.9 Å². The summed E-state index contributed by atoms with van der Waals surface area (Å²) in [6, 6.07) is 3.41. The maximum Gasteiger partial charge on any atom is 0.332 e. The quantitative estimate of drug-likeness (QED) is 0.593. The average molecular weight is 258 g/mol. The standard InChI is InChI=1S/C10H14N2O4S/c13-8(9(14)15)3-4-11-10(16)12-6-7-2-1-5-17-7/h1-2,5,8,13H,3-4,6H2,(H,14,15)(H2,11,12,16). The third-order valence-electron chi connectivity index (χ3n) is 1.99. The summed E-state index contributed by atoms with van der Waals surface area (Å²) in [6.07, 6.45) is -1.45. The molecule has 1 heterocycles. The lowest BCUT2D eigenvalue weighted by Crippen LogP contribution is -2.37. The lowest BCUT2D eigenvalue weighted by molar-refractivity contribution is -0.146. The van der Waals surface area contributed by atoms with Crippen LogP contribution in [0.15, 0.2) is 17.5 Å². The van der Waals surface area contributed by atoms with Crippen LogP contribution in [0.1, 0.15) is 11.3 Å². The minimum Gasteiger partial charge on any atom is -0.479 e. The largest absolute Gasteiger partial charge is 0.479 e. The molecule has 1 aromatic heterocycles. The number of carboxylic acids is 1. The number of urea groups is 1. The van der Waals surface area contributed by atoms with E-state index in [1.165, 1.54) is 11.3 Å². The first-order valence-electron chi connectivity index (χ1n) is 5.04. The number of aliphatic carboxylic acids is 1. The Hall–Kier alpha value is -1.60. The van der Waals surface area contributed by atoms with Crippen LogP contribution >= 0.6 is 11.3 Å². The SMILES string of the molecule is O=C(NCCC(O)C(=O)O)NCc1cccs1. The van der Waals surface area contributed by atoms with Crippen molar-refractivity contribution in [1.82, 2.24) is 10.6 Å². The first-order valence-corrected chi connectivity index (χ1v) is 5.92. The number of thiophene rings is 1. The summed E-state index contributed by atoms with van der Waals surface area (Å²) in [5, 5.41) is 24.3. The van der Waals surface area contributed by atoms with Crippen molar-refractivity contribution in [3.63, 3.8) is 0 Å². The van der Waals surface area contributed by atoms with Gasteiger partial charge in [0.25, 0.3) is 0 Å². The summed E-state index contributed by atoms with van der Waals surface area (Å²) in [7, 11) is 0. The number of carbonyl (C=O) groups excluding carboxylic acids is 1. The minimum atomic E-state index is -1.44. The molecule has 0 fully saturated rings. The zero-order chi connectivity index (χ0) is 12.7. The fourth-order valence-electron chi connectivity index (χ4n) is 1.09. The van der Waals surface area contributed by atoms with Crippen LogP contribution in [0.4, 0.5) is 4.79 Å². The fraction of sp³-hybridized carbons (Fsp3) is 0.400. The molecule has 0 aliphatic heterocycles. The molecular formula is C10H14N2O4S. The van der Waals surface area contributed by atoms with Gasteiger partial charge in [-0.15, -0.1) is 11.3 Å². The van der Waals surface area contributed by atoms with E-state index in [2.05, 4.69) is 10.6 Å². The van der Waals surface area contributed by atoms with E-state index in [9.17, 15) is 9.59 Å². The van der Waals surface area contributed by atoms with Crippen LogP contribution in [0.25, 0.3) is 0 Å². The van der Waals surface area contributed by atoms with Crippen LogP contribution in [0.5, 0.6) is 0 Å². The van der Waals surface area contributed by atoms with E-state index in [1.807, 2.05) is 17.5 Å². The van der Waals surface area contributed by atoms with Crippen molar-refractivity contribution in [2.75, 3.05) is 6.54 Å². The van der Waals surface area contributed by atoms with E-state index in [-0.39, 0.29) is 19.0 Å². The van der Waals surface area contributed by atoms with Crippen LogP contribution in [-0.2, 0) is 11.3 Å². The summed E-state index contributed by atoms with van der Waals surface area (Å²) in [5.74, 6) is -1.29. The molecule has 0 aliphatic rings. The Morgan fingerprint density at radius 1 is 1.41 bits per heavy atom. The molecule has 0 saturated heterocycles. The summed E-state index contributed by atoms with van der Waals surface area (Å²) in [6.45, 7) is 0.550. The third-order valence-corrected chi connectivity index (χ3v) is 2.87. The highest BCUT2D eigenvalue weighted by Gasteiger charge is 2.12. The molecule has 0 spiro atoms. The summed E-state index contributed by atoms with van der Waals surface area (Å²) in [4.78, 5) is 22.6. The van der Waals surface area contributed by atoms with Crippen molar-refractivity contribution < 1.29 is 19.8 Å². The van der Waals surface area contributed by atoms with Crippen molar-refractivity contribution >= 4 is 23.3 Å². The van der Waals surface area contributed by atoms with Gasteiger partial charge in [0.05, 0.1) is 6.54 Å². The summed E-state index contributed by atoms with van der Waals surface area (Å²) >= 11 is 1.54. The normalized spacial score (nSPS) is 11.8. The van der Waals surface area contributed by atoms with Gasteiger partial charge in [-0.3, -0.25) is 0 Å². The molecule has 7 heteroatoms. The molecule has 94 valence electrons. The van der Waals surface area contributed by atoms with Gasteiger partial charge in [0.15, 0.2) is 6.10 Å². The zero-order valence-electron chi connectivity index (χ0n) is 9.05. The van der Waals surface area contributed by atoms with Crippen LogP contribution < -0.4 is 10.6 Å². The number of hydrogen-bond acceptors (Lipinski definition) is 4.